The van der Waals surface area contributed by atoms with Gasteiger partial charge in [-0.15, -0.1) is 0 Å². The summed E-state index contributed by atoms with van der Waals surface area (Å²) >= 11 is 0. The van der Waals surface area contributed by atoms with Crippen molar-refractivity contribution in [1.82, 2.24) is 0 Å². The topological polar surface area (TPSA) is 40.5 Å². The third kappa shape index (κ3) is 1.97. The Hall–Kier alpha value is -1.02. The number of rotatable bonds is 1. The van der Waals surface area contributed by atoms with Gasteiger partial charge in [0, 0.05) is 0 Å². The fourth-order valence-corrected chi connectivity index (χ4v) is 6.57. The van der Waals surface area contributed by atoms with E-state index >= 15 is 0 Å². The second-order valence-electron chi connectivity index (χ2n) is 8.87. The number of fused-ring (bicyclic) bond motifs is 5. The van der Waals surface area contributed by atoms with Gasteiger partial charge >= 0.3 is 0 Å². The second-order valence-corrected chi connectivity index (χ2v) is 8.87. The summed E-state index contributed by atoms with van der Waals surface area (Å²) in [5.74, 6) is 2.72. The van der Waals surface area contributed by atoms with Gasteiger partial charge in [0.2, 0.25) is 0 Å². The Labute approximate surface area is 139 Å². The standard InChI is InChI=1S/C21H30O2/c1-13(2)21(23)11-9-19-18-6-4-14-12-15(22)5-7-16(14)17(18)8-10-20(19,21)3/h5,7,12-13,17-19,22-23H,4,6,8-11H2,1-3H3/t17-,18-,19+,20+,21-/m1/s1. The van der Waals surface area contributed by atoms with Crippen molar-refractivity contribution in [3.05, 3.63) is 29.3 Å². The zero-order chi connectivity index (χ0) is 16.4. The predicted octanol–water partition coefficient (Wildman–Crippen LogP) is 4.64. The first-order chi connectivity index (χ1) is 10.9. The molecule has 2 fully saturated rings. The Balaban J connectivity index is 1.70. The molecule has 0 unspecified atom stereocenters. The molecule has 2 nitrogen and oxygen atoms in total. The average Bonchev–Trinajstić information content (AvgIpc) is 2.80. The molecule has 4 rings (SSSR count). The van der Waals surface area contributed by atoms with Crippen LogP contribution in [0.15, 0.2) is 18.2 Å². The van der Waals surface area contributed by atoms with E-state index < -0.39 is 5.60 Å². The maximum Gasteiger partial charge on any atom is 0.115 e. The lowest BCUT2D eigenvalue weighted by atomic mass is 9.52. The maximum absolute atomic E-state index is 11.4. The summed E-state index contributed by atoms with van der Waals surface area (Å²) < 4.78 is 0. The van der Waals surface area contributed by atoms with Crippen LogP contribution >= 0.6 is 0 Å². The molecule has 0 spiro atoms. The van der Waals surface area contributed by atoms with Crippen LogP contribution in [-0.4, -0.2) is 15.8 Å². The SMILES string of the molecule is CC(C)[C@]1(O)CC[C@H]2[C@@H]3CCc4cc(O)ccc4[C@H]3CC[C@@]21C. The summed E-state index contributed by atoms with van der Waals surface area (Å²) in [6.45, 7) is 6.75. The van der Waals surface area contributed by atoms with Gasteiger partial charge in [-0.05, 0) is 90.9 Å². The first-order valence-corrected chi connectivity index (χ1v) is 9.41. The summed E-state index contributed by atoms with van der Waals surface area (Å²) in [4.78, 5) is 0. The van der Waals surface area contributed by atoms with Crippen molar-refractivity contribution in [2.24, 2.45) is 23.2 Å². The second kappa shape index (κ2) is 4.99. The molecule has 23 heavy (non-hydrogen) atoms. The molecule has 1 aromatic rings. The zero-order valence-electron chi connectivity index (χ0n) is 14.7. The first-order valence-electron chi connectivity index (χ1n) is 9.41. The van der Waals surface area contributed by atoms with E-state index in [0.29, 0.717) is 29.4 Å². The van der Waals surface area contributed by atoms with Crippen LogP contribution in [0.2, 0.25) is 0 Å². The molecule has 0 aromatic heterocycles. The molecule has 0 heterocycles. The van der Waals surface area contributed by atoms with E-state index in [-0.39, 0.29) is 5.41 Å². The number of hydrogen-bond acceptors (Lipinski definition) is 2. The van der Waals surface area contributed by atoms with Gasteiger partial charge in [-0.1, -0.05) is 26.8 Å². The van der Waals surface area contributed by atoms with Crippen LogP contribution < -0.4 is 0 Å². The minimum absolute atomic E-state index is 0.0801. The van der Waals surface area contributed by atoms with Crippen molar-refractivity contribution in [2.75, 3.05) is 0 Å². The predicted molar refractivity (Wildman–Crippen MR) is 92.5 cm³/mol. The number of aryl methyl sites for hydroxylation is 1. The molecular formula is C21H30O2. The quantitative estimate of drug-likeness (QED) is 0.793. The van der Waals surface area contributed by atoms with Gasteiger partial charge in [0.05, 0.1) is 5.60 Å². The number of benzene rings is 1. The van der Waals surface area contributed by atoms with Crippen LogP contribution in [0.5, 0.6) is 5.75 Å². The monoisotopic (exact) mass is 314 g/mol. The van der Waals surface area contributed by atoms with Crippen LogP contribution in [0, 0.1) is 23.2 Å². The molecule has 3 aliphatic rings. The van der Waals surface area contributed by atoms with Gasteiger partial charge in [0.15, 0.2) is 0 Å². The van der Waals surface area contributed by atoms with Gasteiger partial charge in [0.1, 0.15) is 5.75 Å². The summed E-state index contributed by atoms with van der Waals surface area (Å²) in [6.07, 6.45) is 6.77. The molecule has 0 bridgehead atoms. The van der Waals surface area contributed by atoms with E-state index in [1.54, 1.807) is 0 Å². The van der Waals surface area contributed by atoms with Gasteiger partial charge in [0.25, 0.3) is 0 Å². The number of phenols is 1. The third-order valence-electron chi connectivity index (χ3n) is 7.88. The molecule has 0 amide bonds. The molecule has 0 radical (unpaired) electrons. The largest absolute Gasteiger partial charge is 0.508 e. The zero-order valence-corrected chi connectivity index (χ0v) is 14.7. The fraction of sp³-hybridized carbons (Fsp3) is 0.714. The van der Waals surface area contributed by atoms with Crippen molar-refractivity contribution in [1.29, 1.82) is 0 Å². The Bertz CT molecular complexity index is 622. The van der Waals surface area contributed by atoms with Gasteiger partial charge in [-0.3, -0.25) is 0 Å². The molecule has 0 aliphatic heterocycles. The van der Waals surface area contributed by atoms with Gasteiger partial charge in [-0.2, -0.15) is 0 Å². The van der Waals surface area contributed by atoms with E-state index in [0.717, 1.165) is 19.3 Å². The highest BCUT2D eigenvalue weighted by Crippen LogP contribution is 2.65. The van der Waals surface area contributed by atoms with Crippen molar-refractivity contribution < 1.29 is 10.2 Å². The van der Waals surface area contributed by atoms with Gasteiger partial charge < -0.3 is 10.2 Å². The normalized spacial score (nSPS) is 42.2. The molecule has 1 aromatic carbocycles. The maximum atomic E-state index is 11.4. The molecule has 2 N–H and O–H groups in total. The minimum atomic E-state index is -0.488. The smallest absolute Gasteiger partial charge is 0.115 e. The first kappa shape index (κ1) is 15.5. The van der Waals surface area contributed by atoms with Crippen LogP contribution in [0.4, 0.5) is 0 Å². The highest BCUT2D eigenvalue weighted by molar-refractivity contribution is 5.40. The highest BCUT2D eigenvalue weighted by Gasteiger charge is 2.62. The van der Waals surface area contributed by atoms with Gasteiger partial charge in [-0.25, -0.2) is 0 Å². The highest BCUT2D eigenvalue weighted by atomic mass is 16.3. The van der Waals surface area contributed by atoms with E-state index in [1.807, 2.05) is 12.1 Å². The van der Waals surface area contributed by atoms with Crippen molar-refractivity contribution in [3.8, 4) is 5.75 Å². The van der Waals surface area contributed by atoms with Crippen LogP contribution in [0.3, 0.4) is 0 Å². The van der Waals surface area contributed by atoms with E-state index in [1.165, 1.54) is 30.4 Å². The summed E-state index contributed by atoms with van der Waals surface area (Å²) in [7, 11) is 0. The number of hydrogen-bond donors (Lipinski definition) is 2. The van der Waals surface area contributed by atoms with E-state index in [4.69, 9.17) is 0 Å². The Kier molecular flexibility index (Phi) is 3.36. The number of aromatic hydroxyl groups is 1. The van der Waals surface area contributed by atoms with Crippen molar-refractivity contribution >= 4 is 0 Å². The molecule has 126 valence electrons. The Morgan fingerprint density at radius 3 is 2.65 bits per heavy atom. The number of aliphatic hydroxyl groups is 1. The van der Waals surface area contributed by atoms with Crippen molar-refractivity contribution in [2.45, 2.75) is 70.8 Å². The Morgan fingerprint density at radius 1 is 1.13 bits per heavy atom. The lowest BCUT2D eigenvalue weighted by molar-refractivity contribution is -0.129. The lowest BCUT2D eigenvalue weighted by Gasteiger charge is -2.54. The van der Waals surface area contributed by atoms with Crippen molar-refractivity contribution in [3.63, 3.8) is 0 Å². The molecule has 3 aliphatic carbocycles. The molecule has 5 atom stereocenters. The molecule has 2 heteroatoms. The van der Waals surface area contributed by atoms with Crippen LogP contribution in [0.25, 0.3) is 0 Å². The lowest BCUT2D eigenvalue weighted by Crippen LogP contribution is -2.53. The summed E-state index contributed by atoms with van der Waals surface area (Å²) in [5, 5.41) is 21.2. The minimum Gasteiger partial charge on any atom is -0.508 e. The van der Waals surface area contributed by atoms with E-state index in [2.05, 4.69) is 26.8 Å². The third-order valence-corrected chi connectivity index (χ3v) is 7.88. The summed E-state index contributed by atoms with van der Waals surface area (Å²) in [6, 6.07) is 5.99. The molecular weight excluding hydrogens is 284 g/mol. The van der Waals surface area contributed by atoms with Crippen LogP contribution in [0.1, 0.15) is 69.9 Å². The number of phenolic OH excluding ortho intramolecular Hbond substituents is 1. The Morgan fingerprint density at radius 2 is 1.91 bits per heavy atom. The van der Waals surface area contributed by atoms with E-state index in [9.17, 15) is 10.2 Å². The molecule has 2 saturated carbocycles. The average molecular weight is 314 g/mol. The summed E-state index contributed by atoms with van der Waals surface area (Å²) in [5.41, 5.74) is 2.42. The fourth-order valence-electron chi connectivity index (χ4n) is 6.57. The molecule has 0 saturated heterocycles. The van der Waals surface area contributed by atoms with Crippen LogP contribution in [-0.2, 0) is 6.42 Å².